The predicted octanol–water partition coefficient (Wildman–Crippen LogP) is 2.08. The Morgan fingerprint density at radius 1 is 1.50 bits per heavy atom. The molecular formula is C8H6BrClO5S. The van der Waals surface area contributed by atoms with E-state index in [2.05, 4.69) is 15.9 Å². The lowest BCUT2D eigenvalue weighted by Crippen LogP contribution is -2.03. The van der Waals surface area contributed by atoms with Crippen LogP contribution in [0.4, 0.5) is 0 Å². The van der Waals surface area contributed by atoms with E-state index in [1.165, 1.54) is 13.2 Å². The largest absolute Gasteiger partial charge is 0.495 e. The fourth-order valence-electron chi connectivity index (χ4n) is 1.08. The molecule has 8 heteroatoms. The van der Waals surface area contributed by atoms with Crippen molar-refractivity contribution >= 4 is 41.6 Å². The second-order valence-electron chi connectivity index (χ2n) is 2.73. The molecule has 1 N–H and O–H groups in total. The molecule has 0 aromatic heterocycles. The highest BCUT2D eigenvalue weighted by Gasteiger charge is 2.20. The van der Waals surface area contributed by atoms with Crippen molar-refractivity contribution in [3.05, 3.63) is 22.2 Å². The Morgan fingerprint density at radius 3 is 2.44 bits per heavy atom. The first-order chi connectivity index (χ1) is 7.27. The van der Waals surface area contributed by atoms with Crippen LogP contribution in [0.25, 0.3) is 0 Å². The average Bonchev–Trinajstić information content (AvgIpc) is 2.14. The number of carboxylic acid groups (broad SMARTS) is 1. The molecule has 0 fully saturated rings. The van der Waals surface area contributed by atoms with Gasteiger partial charge >= 0.3 is 5.97 Å². The van der Waals surface area contributed by atoms with Crippen LogP contribution >= 0.6 is 26.6 Å². The molecule has 0 aliphatic rings. The first-order valence-corrected chi connectivity index (χ1v) is 6.93. The SMILES string of the molecule is COc1c(Br)cc(S(=O)(=O)Cl)cc1C(=O)O. The highest BCUT2D eigenvalue weighted by Crippen LogP contribution is 2.33. The number of carbonyl (C=O) groups is 1. The van der Waals surface area contributed by atoms with E-state index >= 15 is 0 Å². The number of aromatic carboxylic acids is 1. The molecule has 0 spiro atoms. The van der Waals surface area contributed by atoms with Gasteiger partial charge in [-0.05, 0) is 28.1 Å². The number of benzene rings is 1. The van der Waals surface area contributed by atoms with E-state index < -0.39 is 15.0 Å². The van der Waals surface area contributed by atoms with Gasteiger partial charge < -0.3 is 9.84 Å². The third kappa shape index (κ3) is 2.66. The van der Waals surface area contributed by atoms with Crippen LogP contribution in [0.3, 0.4) is 0 Å². The lowest BCUT2D eigenvalue weighted by atomic mass is 10.2. The van der Waals surface area contributed by atoms with Crippen LogP contribution in [0.1, 0.15) is 10.4 Å². The molecule has 1 aromatic carbocycles. The van der Waals surface area contributed by atoms with Gasteiger partial charge in [0.15, 0.2) is 0 Å². The zero-order valence-electron chi connectivity index (χ0n) is 7.90. The monoisotopic (exact) mass is 328 g/mol. The molecule has 0 unspecified atom stereocenters. The number of hydrogen-bond donors (Lipinski definition) is 1. The van der Waals surface area contributed by atoms with Gasteiger partial charge in [0.1, 0.15) is 11.3 Å². The van der Waals surface area contributed by atoms with Crippen LogP contribution in [0, 0.1) is 0 Å². The Kier molecular flexibility index (Phi) is 3.82. The summed E-state index contributed by atoms with van der Waals surface area (Å²) in [7, 11) is 2.42. The van der Waals surface area contributed by atoms with Gasteiger partial charge in [0.2, 0.25) is 0 Å². The van der Waals surface area contributed by atoms with Crippen molar-refractivity contribution in [2.75, 3.05) is 7.11 Å². The van der Waals surface area contributed by atoms with E-state index in [1.807, 2.05) is 0 Å². The van der Waals surface area contributed by atoms with Crippen molar-refractivity contribution in [2.24, 2.45) is 0 Å². The number of hydrogen-bond acceptors (Lipinski definition) is 4. The van der Waals surface area contributed by atoms with Gasteiger partial charge in [-0.25, -0.2) is 13.2 Å². The molecule has 0 saturated carbocycles. The summed E-state index contributed by atoms with van der Waals surface area (Å²) in [6.07, 6.45) is 0. The molecule has 1 aromatic rings. The van der Waals surface area contributed by atoms with E-state index in [0.29, 0.717) is 0 Å². The lowest BCUT2D eigenvalue weighted by molar-refractivity contribution is 0.0693. The summed E-state index contributed by atoms with van der Waals surface area (Å²) >= 11 is 3.01. The predicted molar refractivity (Wildman–Crippen MR) is 60.7 cm³/mol. The highest BCUT2D eigenvalue weighted by atomic mass is 79.9. The maximum Gasteiger partial charge on any atom is 0.339 e. The Morgan fingerprint density at radius 2 is 2.06 bits per heavy atom. The standard InChI is InChI=1S/C8H6BrClO5S/c1-15-7-5(8(11)12)2-4(3-6(7)9)16(10,13)14/h2-3H,1H3,(H,11,12). The first kappa shape index (κ1) is 13.3. The minimum atomic E-state index is -3.98. The molecule has 5 nitrogen and oxygen atoms in total. The molecule has 1 rings (SSSR count). The van der Waals surface area contributed by atoms with Crippen molar-refractivity contribution < 1.29 is 23.1 Å². The van der Waals surface area contributed by atoms with Gasteiger partial charge in [0.05, 0.1) is 16.5 Å². The zero-order valence-corrected chi connectivity index (χ0v) is 11.1. The maximum absolute atomic E-state index is 11.1. The molecule has 0 radical (unpaired) electrons. The van der Waals surface area contributed by atoms with Crippen molar-refractivity contribution in [2.45, 2.75) is 4.90 Å². The fraction of sp³-hybridized carbons (Fsp3) is 0.125. The molecule has 0 bridgehead atoms. The molecule has 0 amide bonds. The molecule has 0 heterocycles. The van der Waals surface area contributed by atoms with Crippen LogP contribution < -0.4 is 4.74 Å². The van der Waals surface area contributed by atoms with Crippen LogP contribution in [-0.2, 0) is 9.05 Å². The van der Waals surface area contributed by atoms with Gasteiger partial charge in [-0.2, -0.15) is 0 Å². The third-order valence-electron chi connectivity index (χ3n) is 1.73. The molecule has 0 saturated heterocycles. The van der Waals surface area contributed by atoms with Crippen molar-refractivity contribution in [3.8, 4) is 5.75 Å². The Labute approximate surface area is 105 Å². The van der Waals surface area contributed by atoms with E-state index in [9.17, 15) is 13.2 Å². The molecular weight excluding hydrogens is 324 g/mol. The first-order valence-electron chi connectivity index (χ1n) is 3.83. The van der Waals surface area contributed by atoms with Gasteiger partial charge in [-0.1, -0.05) is 0 Å². The van der Waals surface area contributed by atoms with Crippen LogP contribution in [0.5, 0.6) is 5.75 Å². The number of methoxy groups -OCH3 is 1. The second kappa shape index (κ2) is 4.60. The third-order valence-corrected chi connectivity index (χ3v) is 3.66. The Hall–Kier alpha value is -0.790. The molecule has 0 atom stereocenters. The van der Waals surface area contributed by atoms with Crippen LogP contribution in [0.15, 0.2) is 21.5 Å². The van der Waals surface area contributed by atoms with E-state index in [0.717, 1.165) is 6.07 Å². The molecule has 0 aliphatic carbocycles. The number of halogens is 2. The summed E-state index contributed by atoms with van der Waals surface area (Å²) < 4.78 is 27.2. The normalized spacial score (nSPS) is 11.2. The minimum Gasteiger partial charge on any atom is -0.495 e. The summed E-state index contributed by atoms with van der Waals surface area (Å²) in [4.78, 5) is 10.6. The van der Waals surface area contributed by atoms with Crippen LogP contribution in [0.2, 0.25) is 0 Å². The van der Waals surface area contributed by atoms with Gasteiger partial charge in [-0.15, -0.1) is 0 Å². The quantitative estimate of drug-likeness (QED) is 0.859. The zero-order chi connectivity index (χ0) is 12.5. The summed E-state index contributed by atoms with van der Waals surface area (Å²) in [6.45, 7) is 0. The van der Waals surface area contributed by atoms with E-state index in [4.69, 9.17) is 20.5 Å². The Bertz CT molecular complexity index is 540. The average molecular weight is 330 g/mol. The van der Waals surface area contributed by atoms with Gasteiger partial charge in [0.25, 0.3) is 9.05 Å². The van der Waals surface area contributed by atoms with Crippen molar-refractivity contribution in [1.29, 1.82) is 0 Å². The summed E-state index contributed by atoms with van der Waals surface area (Å²) in [5, 5.41) is 8.87. The van der Waals surface area contributed by atoms with Gasteiger partial charge in [0, 0.05) is 10.7 Å². The smallest absolute Gasteiger partial charge is 0.339 e. The van der Waals surface area contributed by atoms with E-state index in [1.54, 1.807) is 0 Å². The number of rotatable bonds is 3. The minimum absolute atomic E-state index is 0.0385. The topological polar surface area (TPSA) is 80.7 Å². The molecule has 0 aliphatic heterocycles. The summed E-state index contributed by atoms with van der Waals surface area (Å²) in [6, 6.07) is 2.11. The summed E-state index contributed by atoms with van der Waals surface area (Å²) in [5.74, 6) is -1.27. The van der Waals surface area contributed by atoms with Crippen LogP contribution in [-0.4, -0.2) is 26.6 Å². The summed E-state index contributed by atoms with van der Waals surface area (Å²) in [5.41, 5.74) is -0.281. The highest BCUT2D eigenvalue weighted by molar-refractivity contribution is 9.10. The van der Waals surface area contributed by atoms with Crippen molar-refractivity contribution in [3.63, 3.8) is 0 Å². The van der Waals surface area contributed by atoms with Crippen molar-refractivity contribution in [1.82, 2.24) is 0 Å². The Balaban J connectivity index is 3.59. The number of ether oxygens (including phenoxy) is 1. The maximum atomic E-state index is 11.1. The fourth-order valence-corrected chi connectivity index (χ4v) is 2.63. The van der Waals surface area contributed by atoms with E-state index in [-0.39, 0.29) is 20.7 Å². The van der Waals surface area contributed by atoms with Gasteiger partial charge in [-0.3, -0.25) is 0 Å². The number of carboxylic acids is 1. The second-order valence-corrected chi connectivity index (χ2v) is 6.15. The molecule has 16 heavy (non-hydrogen) atoms. The lowest BCUT2D eigenvalue weighted by Gasteiger charge is -2.08. The molecule has 88 valence electrons.